The van der Waals surface area contributed by atoms with Gasteiger partial charge < -0.3 is 9.88 Å². The Kier molecular flexibility index (Phi) is 3.32. The van der Waals surface area contributed by atoms with Crippen molar-refractivity contribution in [3.63, 3.8) is 0 Å². The van der Waals surface area contributed by atoms with E-state index in [9.17, 15) is 9.59 Å². The van der Waals surface area contributed by atoms with Crippen LogP contribution in [0.2, 0.25) is 0 Å². The zero-order valence-corrected chi connectivity index (χ0v) is 12.0. The fourth-order valence-corrected chi connectivity index (χ4v) is 2.64. The first-order chi connectivity index (χ1) is 10.1. The smallest absolute Gasteiger partial charge is 0.277 e. The molecule has 0 aromatic carbocycles. The van der Waals surface area contributed by atoms with E-state index in [1.807, 2.05) is 10.8 Å². The first kappa shape index (κ1) is 13.5. The Morgan fingerprint density at radius 1 is 1.48 bits per heavy atom. The summed E-state index contributed by atoms with van der Waals surface area (Å²) >= 11 is 0. The molecular formula is C14H17N5O2. The van der Waals surface area contributed by atoms with E-state index in [1.54, 1.807) is 20.0 Å². The zero-order chi connectivity index (χ0) is 15.0. The minimum absolute atomic E-state index is 0.00599. The van der Waals surface area contributed by atoms with Crippen molar-refractivity contribution < 1.29 is 4.79 Å². The number of carbonyl (C=O) groups excluding carboxylic acids is 1. The molecule has 2 aromatic rings. The molecular weight excluding hydrogens is 270 g/mol. The number of nitrogens with zero attached hydrogens (tertiary/aromatic N) is 3. The molecule has 2 N–H and O–H groups in total. The number of aromatic nitrogens is 4. The SMILES string of the molecule is Cc1n[nH]c(=O)c(C(=O)N[C@H]2CCc3nccn3C2)c1C. The number of aromatic amines is 1. The van der Waals surface area contributed by atoms with Crippen molar-refractivity contribution in [3.8, 4) is 0 Å². The molecule has 0 aliphatic carbocycles. The number of rotatable bonds is 2. The number of H-pyrrole nitrogens is 1. The Labute approximate surface area is 121 Å². The molecule has 110 valence electrons. The summed E-state index contributed by atoms with van der Waals surface area (Å²) in [6, 6.07) is 0.00599. The molecule has 3 heterocycles. The van der Waals surface area contributed by atoms with E-state index < -0.39 is 5.56 Å². The topological polar surface area (TPSA) is 92.7 Å². The summed E-state index contributed by atoms with van der Waals surface area (Å²) in [6.45, 7) is 4.18. The zero-order valence-electron chi connectivity index (χ0n) is 12.0. The van der Waals surface area contributed by atoms with Gasteiger partial charge in [0.05, 0.1) is 5.69 Å². The lowest BCUT2D eigenvalue weighted by molar-refractivity contribution is 0.0925. The summed E-state index contributed by atoms with van der Waals surface area (Å²) in [5.74, 6) is 0.696. The van der Waals surface area contributed by atoms with Crippen LogP contribution in [-0.4, -0.2) is 31.7 Å². The van der Waals surface area contributed by atoms with Crippen molar-refractivity contribution in [2.45, 2.75) is 39.3 Å². The van der Waals surface area contributed by atoms with Crippen LogP contribution in [0.25, 0.3) is 0 Å². The highest BCUT2D eigenvalue weighted by Crippen LogP contribution is 2.14. The molecule has 2 aromatic heterocycles. The number of imidazole rings is 1. The Hall–Kier alpha value is -2.44. The molecule has 0 spiro atoms. The highest BCUT2D eigenvalue weighted by atomic mass is 16.2. The van der Waals surface area contributed by atoms with Crippen LogP contribution in [-0.2, 0) is 13.0 Å². The minimum atomic E-state index is -0.449. The molecule has 0 fully saturated rings. The van der Waals surface area contributed by atoms with E-state index >= 15 is 0 Å². The van der Waals surface area contributed by atoms with Gasteiger partial charge in [-0.1, -0.05) is 0 Å². The fourth-order valence-electron chi connectivity index (χ4n) is 2.64. The number of aryl methyl sites for hydroxylation is 2. The average Bonchev–Trinajstić information content (AvgIpc) is 2.91. The van der Waals surface area contributed by atoms with Crippen LogP contribution in [0, 0.1) is 13.8 Å². The maximum absolute atomic E-state index is 12.4. The van der Waals surface area contributed by atoms with Crippen molar-refractivity contribution in [1.82, 2.24) is 25.1 Å². The van der Waals surface area contributed by atoms with Gasteiger partial charge in [-0.15, -0.1) is 0 Å². The van der Waals surface area contributed by atoms with Gasteiger partial charge in [0.15, 0.2) is 0 Å². The normalized spacial score (nSPS) is 17.3. The number of carbonyl (C=O) groups is 1. The minimum Gasteiger partial charge on any atom is -0.347 e. The van der Waals surface area contributed by atoms with Crippen LogP contribution < -0.4 is 10.9 Å². The van der Waals surface area contributed by atoms with Crippen LogP contribution in [0.5, 0.6) is 0 Å². The van der Waals surface area contributed by atoms with Crippen LogP contribution in [0.4, 0.5) is 0 Å². The van der Waals surface area contributed by atoms with Crippen LogP contribution in [0.3, 0.4) is 0 Å². The molecule has 0 unspecified atom stereocenters. The third-order valence-electron chi connectivity index (χ3n) is 3.97. The largest absolute Gasteiger partial charge is 0.347 e. The van der Waals surface area contributed by atoms with Gasteiger partial charge in [0.25, 0.3) is 11.5 Å². The molecule has 1 atom stereocenters. The highest BCUT2D eigenvalue weighted by molar-refractivity contribution is 5.95. The molecule has 1 aliphatic heterocycles. The summed E-state index contributed by atoms with van der Waals surface area (Å²) in [4.78, 5) is 28.5. The lowest BCUT2D eigenvalue weighted by atomic mass is 10.1. The quantitative estimate of drug-likeness (QED) is 0.832. The van der Waals surface area contributed by atoms with Gasteiger partial charge in [0, 0.05) is 31.4 Å². The summed E-state index contributed by atoms with van der Waals surface area (Å²) in [5, 5.41) is 9.16. The molecule has 21 heavy (non-hydrogen) atoms. The first-order valence-corrected chi connectivity index (χ1v) is 6.93. The molecule has 7 heteroatoms. The standard InChI is InChI=1S/C14H17N5O2/c1-8-9(2)17-18-14(21)12(8)13(20)16-10-3-4-11-15-5-6-19(11)7-10/h5-6,10H,3-4,7H2,1-2H3,(H,16,20)(H,18,21)/t10-/m0/s1. The second-order valence-corrected chi connectivity index (χ2v) is 5.34. The summed E-state index contributed by atoms with van der Waals surface area (Å²) < 4.78 is 2.03. The number of hydrogen-bond acceptors (Lipinski definition) is 4. The summed E-state index contributed by atoms with van der Waals surface area (Å²) in [6.07, 6.45) is 5.31. The Bertz CT molecular complexity index is 746. The predicted molar refractivity (Wildman–Crippen MR) is 76.1 cm³/mol. The summed E-state index contributed by atoms with van der Waals surface area (Å²) in [5.41, 5.74) is 0.976. The van der Waals surface area contributed by atoms with Gasteiger partial charge in [-0.05, 0) is 25.8 Å². The van der Waals surface area contributed by atoms with E-state index in [1.165, 1.54) is 0 Å². The maximum atomic E-state index is 12.4. The number of amides is 1. The average molecular weight is 287 g/mol. The lowest BCUT2D eigenvalue weighted by Gasteiger charge is -2.24. The maximum Gasteiger partial charge on any atom is 0.277 e. The molecule has 1 aliphatic rings. The van der Waals surface area contributed by atoms with E-state index in [2.05, 4.69) is 20.5 Å². The van der Waals surface area contributed by atoms with E-state index in [0.717, 1.165) is 18.7 Å². The van der Waals surface area contributed by atoms with Crippen molar-refractivity contribution in [1.29, 1.82) is 0 Å². The van der Waals surface area contributed by atoms with Crippen LogP contribution in [0.1, 0.15) is 33.9 Å². The Morgan fingerprint density at radius 2 is 2.29 bits per heavy atom. The molecule has 0 saturated heterocycles. The van der Waals surface area contributed by atoms with Crippen molar-refractivity contribution in [3.05, 3.63) is 45.4 Å². The Morgan fingerprint density at radius 3 is 3.10 bits per heavy atom. The van der Waals surface area contributed by atoms with Crippen LogP contribution in [0.15, 0.2) is 17.2 Å². The molecule has 0 bridgehead atoms. The van der Waals surface area contributed by atoms with Crippen molar-refractivity contribution >= 4 is 5.91 Å². The van der Waals surface area contributed by atoms with Gasteiger partial charge >= 0.3 is 0 Å². The highest BCUT2D eigenvalue weighted by Gasteiger charge is 2.23. The van der Waals surface area contributed by atoms with Crippen molar-refractivity contribution in [2.24, 2.45) is 0 Å². The molecule has 0 radical (unpaired) electrons. The van der Waals surface area contributed by atoms with Gasteiger partial charge in [0.1, 0.15) is 11.4 Å². The van der Waals surface area contributed by atoms with Gasteiger partial charge in [-0.3, -0.25) is 9.59 Å². The van der Waals surface area contributed by atoms with Gasteiger partial charge in [-0.25, -0.2) is 10.1 Å². The van der Waals surface area contributed by atoms with E-state index in [0.29, 0.717) is 17.8 Å². The third kappa shape index (κ3) is 2.46. The lowest BCUT2D eigenvalue weighted by Crippen LogP contribution is -2.43. The van der Waals surface area contributed by atoms with Gasteiger partial charge in [0.2, 0.25) is 0 Å². The van der Waals surface area contributed by atoms with Crippen LogP contribution >= 0.6 is 0 Å². The third-order valence-corrected chi connectivity index (χ3v) is 3.97. The second-order valence-electron chi connectivity index (χ2n) is 5.34. The number of fused-ring (bicyclic) bond motifs is 1. The molecule has 0 saturated carbocycles. The van der Waals surface area contributed by atoms with E-state index in [-0.39, 0.29) is 17.5 Å². The molecule has 1 amide bonds. The predicted octanol–water partition coefficient (Wildman–Crippen LogP) is 0.328. The molecule has 7 nitrogen and oxygen atoms in total. The van der Waals surface area contributed by atoms with Crippen molar-refractivity contribution in [2.75, 3.05) is 0 Å². The van der Waals surface area contributed by atoms with E-state index in [4.69, 9.17) is 0 Å². The molecule has 3 rings (SSSR count). The van der Waals surface area contributed by atoms with Gasteiger partial charge in [-0.2, -0.15) is 5.10 Å². The fraction of sp³-hybridized carbons (Fsp3) is 0.429. The second kappa shape index (κ2) is 5.16. The summed E-state index contributed by atoms with van der Waals surface area (Å²) in [7, 11) is 0. The monoisotopic (exact) mass is 287 g/mol. The first-order valence-electron chi connectivity index (χ1n) is 6.93. The number of hydrogen-bond donors (Lipinski definition) is 2. The Balaban J connectivity index is 1.79. The number of nitrogens with one attached hydrogen (secondary N) is 2.